The molecule has 0 bridgehead atoms. The van der Waals surface area contributed by atoms with Crippen molar-refractivity contribution in [3.63, 3.8) is 0 Å². The summed E-state index contributed by atoms with van der Waals surface area (Å²) in [5.74, 6) is 0.298. The Morgan fingerprint density at radius 2 is 2.00 bits per heavy atom. The third-order valence-electron chi connectivity index (χ3n) is 1.92. The Labute approximate surface area is 83.7 Å². The monoisotopic (exact) mass is 196 g/mol. The molecule has 0 aliphatic carbocycles. The van der Waals surface area contributed by atoms with Gasteiger partial charge in [0, 0.05) is 17.9 Å². The lowest BCUT2D eigenvalue weighted by molar-refractivity contribution is -0.114. The molecule has 0 fully saturated rings. The first-order valence-corrected chi connectivity index (χ1v) is 4.56. The minimum absolute atomic E-state index is 0.0652. The Bertz CT molecular complexity index is 347. The fraction of sp³-hybridized carbons (Fsp3) is 0.600. The number of rotatable bonds is 1. The molecular weight excluding hydrogens is 180 g/mol. The third-order valence-corrected chi connectivity index (χ3v) is 1.92. The van der Waals surface area contributed by atoms with Crippen LogP contribution in [0.2, 0.25) is 0 Å². The van der Waals surface area contributed by atoms with Crippen LogP contribution >= 0.6 is 0 Å². The van der Waals surface area contributed by atoms with Gasteiger partial charge in [0.05, 0.1) is 5.69 Å². The lowest BCUT2D eigenvalue weighted by atomic mass is 9.90. The van der Waals surface area contributed by atoms with Crippen molar-refractivity contribution in [3.8, 4) is 0 Å². The normalized spacial score (nSPS) is 11.5. The van der Waals surface area contributed by atoms with Gasteiger partial charge in [-0.1, -0.05) is 25.9 Å². The van der Waals surface area contributed by atoms with Crippen molar-refractivity contribution >= 4 is 11.8 Å². The predicted molar refractivity (Wildman–Crippen MR) is 54.2 cm³/mol. The number of amides is 1. The lowest BCUT2D eigenvalue weighted by Gasteiger charge is -2.14. The van der Waals surface area contributed by atoms with Crippen molar-refractivity contribution in [2.75, 3.05) is 5.32 Å². The van der Waals surface area contributed by atoms with Gasteiger partial charge in [-0.2, -0.15) is 0 Å². The second kappa shape index (κ2) is 3.44. The van der Waals surface area contributed by atoms with E-state index in [1.807, 2.05) is 6.92 Å². The van der Waals surface area contributed by atoms with Gasteiger partial charge in [-0.05, 0) is 6.92 Å². The molecule has 1 N–H and O–H groups in total. The van der Waals surface area contributed by atoms with Crippen LogP contribution in [0, 0.1) is 6.92 Å². The molecule has 1 amide bonds. The zero-order valence-corrected chi connectivity index (χ0v) is 9.26. The number of hydrogen-bond acceptors (Lipinski definition) is 3. The van der Waals surface area contributed by atoms with Crippen molar-refractivity contribution in [3.05, 3.63) is 11.3 Å². The Kier molecular flexibility index (Phi) is 2.64. The minimum atomic E-state index is -0.148. The number of nitrogens with zero attached hydrogens (tertiary/aromatic N) is 1. The molecular formula is C10H16N2O2. The largest absolute Gasteiger partial charge is 0.338 e. The van der Waals surface area contributed by atoms with Gasteiger partial charge < -0.3 is 4.52 Å². The molecule has 0 aliphatic rings. The van der Waals surface area contributed by atoms with E-state index >= 15 is 0 Å². The molecule has 1 rings (SSSR count). The van der Waals surface area contributed by atoms with Crippen molar-refractivity contribution in [1.82, 2.24) is 5.16 Å². The summed E-state index contributed by atoms with van der Waals surface area (Å²) in [4.78, 5) is 10.8. The number of hydrogen-bond donors (Lipinski definition) is 1. The van der Waals surface area contributed by atoms with Gasteiger partial charge in [0.2, 0.25) is 11.8 Å². The Morgan fingerprint density at radius 3 is 2.36 bits per heavy atom. The van der Waals surface area contributed by atoms with Crippen LogP contribution in [0.15, 0.2) is 4.52 Å². The second-order valence-corrected chi connectivity index (χ2v) is 4.42. The first-order chi connectivity index (χ1) is 6.32. The van der Waals surface area contributed by atoms with Gasteiger partial charge in [0.15, 0.2) is 0 Å². The Morgan fingerprint density at radius 1 is 1.43 bits per heavy atom. The van der Waals surface area contributed by atoms with Crippen molar-refractivity contribution < 1.29 is 9.32 Å². The van der Waals surface area contributed by atoms with Crippen LogP contribution in [-0.4, -0.2) is 11.1 Å². The fourth-order valence-corrected chi connectivity index (χ4v) is 1.31. The summed E-state index contributed by atoms with van der Waals surface area (Å²) < 4.78 is 5.05. The molecule has 1 aromatic rings. The minimum Gasteiger partial charge on any atom is -0.338 e. The van der Waals surface area contributed by atoms with Crippen LogP contribution in [-0.2, 0) is 10.2 Å². The number of nitrogens with one attached hydrogen (secondary N) is 1. The average Bonchev–Trinajstić information content (AvgIpc) is 2.30. The molecule has 0 saturated heterocycles. The summed E-state index contributed by atoms with van der Waals surface area (Å²) in [6, 6.07) is 0. The summed E-state index contributed by atoms with van der Waals surface area (Å²) >= 11 is 0. The molecule has 0 aliphatic heterocycles. The standard InChI is InChI=1S/C10H16N2O2/c1-6-8(10(3,4)5)12-14-9(6)11-7(2)13/h1-5H3,(H,11,13). The van der Waals surface area contributed by atoms with E-state index < -0.39 is 0 Å². The van der Waals surface area contributed by atoms with E-state index in [1.165, 1.54) is 6.92 Å². The van der Waals surface area contributed by atoms with Gasteiger partial charge >= 0.3 is 0 Å². The first-order valence-electron chi connectivity index (χ1n) is 4.56. The van der Waals surface area contributed by atoms with Gasteiger partial charge in [0.1, 0.15) is 0 Å². The van der Waals surface area contributed by atoms with Gasteiger partial charge in [-0.3, -0.25) is 10.1 Å². The van der Waals surface area contributed by atoms with Crippen LogP contribution in [0.3, 0.4) is 0 Å². The SMILES string of the molecule is CC(=O)Nc1onc(C(C)(C)C)c1C. The molecule has 0 saturated carbocycles. The first kappa shape index (κ1) is 10.8. The molecule has 0 spiro atoms. The molecule has 0 unspecified atom stereocenters. The smallest absolute Gasteiger partial charge is 0.234 e. The number of carbonyl (C=O) groups excluding carboxylic acids is 1. The van der Waals surface area contributed by atoms with E-state index in [9.17, 15) is 4.79 Å². The number of carbonyl (C=O) groups is 1. The summed E-state index contributed by atoms with van der Waals surface area (Å²) in [7, 11) is 0. The zero-order chi connectivity index (χ0) is 10.9. The van der Waals surface area contributed by atoms with Gasteiger partial charge in [0.25, 0.3) is 0 Å². The summed E-state index contributed by atoms with van der Waals surface area (Å²) in [6.45, 7) is 9.49. The van der Waals surface area contributed by atoms with E-state index in [0.717, 1.165) is 11.3 Å². The Hall–Kier alpha value is -1.32. The molecule has 4 heteroatoms. The molecule has 1 heterocycles. The second-order valence-electron chi connectivity index (χ2n) is 4.42. The van der Waals surface area contributed by atoms with E-state index in [0.29, 0.717) is 5.88 Å². The van der Waals surface area contributed by atoms with E-state index in [2.05, 4.69) is 31.2 Å². The third kappa shape index (κ3) is 2.13. The van der Waals surface area contributed by atoms with Crippen LogP contribution < -0.4 is 5.32 Å². The van der Waals surface area contributed by atoms with Crippen LogP contribution in [0.1, 0.15) is 39.0 Å². The van der Waals surface area contributed by atoms with Crippen molar-refractivity contribution in [2.45, 2.75) is 40.0 Å². The molecule has 1 aromatic heterocycles. The van der Waals surface area contributed by atoms with E-state index in [-0.39, 0.29) is 11.3 Å². The summed E-state index contributed by atoms with van der Waals surface area (Å²) in [5.41, 5.74) is 1.71. The maximum absolute atomic E-state index is 10.8. The highest BCUT2D eigenvalue weighted by molar-refractivity contribution is 5.87. The fourth-order valence-electron chi connectivity index (χ4n) is 1.31. The highest BCUT2D eigenvalue weighted by Crippen LogP contribution is 2.28. The topological polar surface area (TPSA) is 55.1 Å². The van der Waals surface area contributed by atoms with Crippen LogP contribution in [0.4, 0.5) is 5.88 Å². The zero-order valence-electron chi connectivity index (χ0n) is 9.26. The lowest BCUT2D eigenvalue weighted by Crippen LogP contribution is -2.13. The molecule has 14 heavy (non-hydrogen) atoms. The Balaban J connectivity index is 3.03. The highest BCUT2D eigenvalue weighted by atomic mass is 16.5. The van der Waals surface area contributed by atoms with Crippen molar-refractivity contribution in [2.24, 2.45) is 0 Å². The molecule has 4 nitrogen and oxygen atoms in total. The van der Waals surface area contributed by atoms with E-state index in [4.69, 9.17) is 4.52 Å². The average molecular weight is 196 g/mol. The summed E-state index contributed by atoms with van der Waals surface area (Å²) in [6.07, 6.45) is 0. The number of aromatic nitrogens is 1. The number of anilines is 1. The van der Waals surface area contributed by atoms with Crippen molar-refractivity contribution in [1.29, 1.82) is 0 Å². The molecule has 0 atom stereocenters. The maximum Gasteiger partial charge on any atom is 0.234 e. The van der Waals surface area contributed by atoms with Gasteiger partial charge in [-0.25, -0.2) is 0 Å². The van der Waals surface area contributed by atoms with Crippen LogP contribution in [0.5, 0.6) is 0 Å². The molecule has 78 valence electrons. The van der Waals surface area contributed by atoms with Gasteiger partial charge in [-0.15, -0.1) is 0 Å². The van der Waals surface area contributed by atoms with E-state index in [1.54, 1.807) is 0 Å². The maximum atomic E-state index is 10.8. The highest BCUT2D eigenvalue weighted by Gasteiger charge is 2.23. The molecule has 0 radical (unpaired) electrons. The quantitative estimate of drug-likeness (QED) is 0.749. The predicted octanol–water partition coefficient (Wildman–Crippen LogP) is 2.24. The molecule has 0 aromatic carbocycles. The summed E-state index contributed by atoms with van der Waals surface area (Å²) in [5, 5.41) is 6.55. The van der Waals surface area contributed by atoms with Crippen LogP contribution in [0.25, 0.3) is 0 Å².